The van der Waals surface area contributed by atoms with Gasteiger partial charge in [-0.05, 0) is 26.2 Å². The van der Waals surface area contributed by atoms with Gasteiger partial charge in [-0.2, -0.15) is 0 Å². The van der Waals surface area contributed by atoms with E-state index < -0.39 is 0 Å². The van der Waals surface area contributed by atoms with Crippen LogP contribution in [-0.4, -0.2) is 24.5 Å². The number of hydrogen-bond acceptors (Lipinski definition) is 2. The van der Waals surface area contributed by atoms with Crippen LogP contribution in [-0.2, 0) is 0 Å². The molecule has 0 atom stereocenters. The predicted molar refractivity (Wildman–Crippen MR) is 40.0 cm³/mol. The molecular formula is C7H15NO. The zero-order valence-corrected chi connectivity index (χ0v) is 6.22. The van der Waals surface area contributed by atoms with Crippen molar-refractivity contribution >= 4 is 5.71 Å². The van der Waals surface area contributed by atoms with E-state index in [0.717, 1.165) is 19.3 Å². The Balaban J connectivity index is 3.07. The van der Waals surface area contributed by atoms with E-state index >= 15 is 0 Å². The average molecular weight is 129 g/mol. The lowest BCUT2D eigenvalue weighted by atomic mass is 10.2. The van der Waals surface area contributed by atoms with Crippen molar-refractivity contribution in [2.45, 2.75) is 26.2 Å². The maximum absolute atomic E-state index is 8.41. The fourth-order valence-electron chi connectivity index (χ4n) is 0.604. The first-order chi connectivity index (χ1) is 4.31. The molecular weight excluding hydrogens is 114 g/mol. The van der Waals surface area contributed by atoms with E-state index in [-0.39, 0.29) is 0 Å². The van der Waals surface area contributed by atoms with E-state index in [1.54, 1.807) is 7.05 Å². The number of unbranched alkanes of at least 4 members (excludes halogenated alkanes) is 1. The van der Waals surface area contributed by atoms with Crippen LogP contribution in [0.3, 0.4) is 0 Å². The van der Waals surface area contributed by atoms with E-state index in [9.17, 15) is 0 Å². The van der Waals surface area contributed by atoms with Gasteiger partial charge in [-0.3, -0.25) is 4.99 Å². The minimum atomic E-state index is 0.303. The van der Waals surface area contributed by atoms with Crippen LogP contribution < -0.4 is 0 Å². The van der Waals surface area contributed by atoms with Crippen LogP contribution in [0.5, 0.6) is 0 Å². The Bertz CT molecular complexity index is 88.9. The first kappa shape index (κ1) is 8.63. The third kappa shape index (κ3) is 5.50. The third-order valence-corrected chi connectivity index (χ3v) is 1.33. The number of hydrogen-bond donors (Lipinski definition) is 1. The second kappa shape index (κ2) is 5.76. The number of rotatable bonds is 4. The fourth-order valence-corrected chi connectivity index (χ4v) is 0.604. The Kier molecular flexibility index (Phi) is 5.52. The molecule has 0 saturated carbocycles. The maximum atomic E-state index is 8.41. The van der Waals surface area contributed by atoms with Gasteiger partial charge >= 0.3 is 0 Å². The Morgan fingerprint density at radius 1 is 1.44 bits per heavy atom. The summed E-state index contributed by atoms with van der Waals surface area (Å²) < 4.78 is 0. The van der Waals surface area contributed by atoms with Gasteiger partial charge in [-0.25, -0.2) is 0 Å². The Morgan fingerprint density at radius 2 is 2.11 bits per heavy atom. The highest BCUT2D eigenvalue weighted by molar-refractivity contribution is 5.81. The van der Waals surface area contributed by atoms with Gasteiger partial charge in [0.1, 0.15) is 0 Å². The molecule has 0 aliphatic heterocycles. The van der Waals surface area contributed by atoms with Crippen molar-refractivity contribution in [2.75, 3.05) is 13.7 Å². The van der Waals surface area contributed by atoms with E-state index in [1.165, 1.54) is 5.71 Å². The summed E-state index contributed by atoms with van der Waals surface area (Å²) in [5, 5.41) is 8.41. The van der Waals surface area contributed by atoms with E-state index in [1.807, 2.05) is 6.92 Å². The summed E-state index contributed by atoms with van der Waals surface area (Å²) in [4.78, 5) is 4.00. The van der Waals surface area contributed by atoms with Crippen LogP contribution in [0.15, 0.2) is 4.99 Å². The summed E-state index contributed by atoms with van der Waals surface area (Å²) in [7, 11) is 1.80. The molecule has 0 aromatic rings. The molecule has 0 aliphatic carbocycles. The van der Waals surface area contributed by atoms with E-state index in [2.05, 4.69) is 4.99 Å². The molecule has 0 unspecified atom stereocenters. The summed E-state index contributed by atoms with van der Waals surface area (Å²) in [5.41, 5.74) is 1.17. The molecule has 0 fully saturated rings. The van der Waals surface area contributed by atoms with Crippen LogP contribution in [0.1, 0.15) is 26.2 Å². The molecule has 9 heavy (non-hydrogen) atoms. The Morgan fingerprint density at radius 3 is 2.56 bits per heavy atom. The standard InChI is InChI=1S/C7H15NO/c1-7(8-2)5-3-4-6-9/h9H,3-6H2,1-2H3. The molecule has 2 heteroatoms. The minimum Gasteiger partial charge on any atom is -0.396 e. The third-order valence-electron chi connectivity index (χ3n) is 1.33. The maximum Gasteiger partial charge on any atom is 0.0431 e. The Labute approximate surface area is 56.6 Å². The molecule has 0 aromatic heterocycles. The first-order valence-electron chi connectivity index (χ1n) is 3.34. The molecule has 0 radical (unpaired) electrons. The molecule has 0 aromatic carbocycles. The quantitative estimate of drug-likeness (QED) is 0.449. The van der Waals surface area contributed by atoms with Gasteiger partial charge in [0.05, 0.1) is 0 Å². The molecule has 0 spiro atoms. The molecule has 0 heterocycles. The van der Waals surface area contributed by atoms with Gasteiger partial charge in [-0.1, -0.05) is 0 Å². The molecule has 0 saturated heterocycles. The zero-order chi connectivity index (χ0) is 7.11. The van der Waals surface area contributed by atoms with Gasteiger partial charge < -0.3 is 5.11 Å². The van der Waals surface area contributed by atoms with Crippen molar-refractivity contribution in [2.24, 2.45) is 4.99 Å². The molecule has 54 valence electrons. The van der Waals surface area contributed by atoms with Crippen LogP contribution in [0.4, 0.5) is 0 Å². The smallest absolute Gasteiger partial charge is 0.0431 e. The lowest BCUT2D eigenvalue weighted by Gasteiger charge is -1.95. The lowest BCUT2D eigenvalue weighted by Crippen LogP contribution is -1.91. The van der Waals surface area contributed by atoms with Crippen LogP contribution in [0, 0.1) is 0 Å². The van der Waals surface area contributed by atoms with Crippen molar-refractivity contribution in [1.29, 1.82) is 0 Å². The summed E-state index contributed by atoms with van der Waals surface area (Å²) >= 11 is 0. The normalized spacial score (nSPS) is 12.1. The summed E-state index contributed by atoms with van der Waals surface area (Å²) in [5.74, 6) is 0. The van der Waals surface area contributed by atoms with Crippen molar-refractivity contribution in [3.05, 3.63) is 0 Å². The highest BCUT2D eigenvalue weighted by atomic mass is 16.2. The summed E-state index contributed by atoms with van der Waals surface area (Å²) in [6, 6.07) is 0. The van der Waals surface area contributed by atoms with E-state index in [4.69, 9.17) is 5.11 Å². The van der Waals surface area contributed by atoms with Gasteiger partial charge in [0.15, 0.2) is 0 Å². The lowest BCUT2D eigenvalue weighted by molar-refractivity contribution is 0.285. The van der Waals surface area contributed by atoms with Crippen LogP contribution in [0.2, 0.25) is 0 Å². The predicted octanol–water partition coefficient (Wildman–Crippen LogP) is 1.24. The van der Waals surface area contributed by atoms with Gasteiger partial charge in [0.2, 0.25) is 0 Å². The molecule has 0 amide bonds. The molecule has 0 aliphatic rings. The van der Waals surface area contributed by atoms with Crippen molar-refractivity contribution in [3.63, 3.8) is 0 Å². The average Bonchev–Trinajstić information content (AvgIpc) is 1.89. The van der Waals surface area contributed by atoms with Gasteiger partial charge in [0.25, 0.3) is 0 Å². The van der Waals surface area contributed by atoms with Crippen molar-refractivity contribution in [3.8, 4) is 0 Å². The minimum absolute atomic E-state index is 0.303. The number of aliphatic hydroxyl groups excluding tert-OH is 1. The zero-order valence-electron chi connectivity index (χ0n) is 6.22. The molecule has 0 bridgehead atoms. The summed E-state index contributed by atoms with van der Waals surface area (Å²) in [6.45, 7) is 2.31. The van der Waals surface area contributed by atoms with E-state index in [0.29, 0.717) is 6.61 Å². The second-order valence-corrected chi connectivity index (χ2v) is 2.14. The van der Waals surface area contributed by atoms with Crippen LogP contribution in [0.25, 0.3) is 0 Å². The largest absolute Gasteiger partial charge is 0.396 e. The molecule has 0 rings (SSSR count). The first-order valence-corrected chi connectivity index (χ1v) is 3.34. The van der Waals surface area contributed by atoms with Crippen LogP contribution >= 0.6 is 0 Å². The highest BCUT2D eigenvalue weighted by Crippen LogP contribution is 1.95. The second-order valence-electron chi connectivity index (χ2n) is 2.14. The monoisotopic (exact) mass is 129 g/mol. The number of aliphatic imine (C=N–C) groups is 1. The van der Waals surface area contributed by atoms with Crippen molar-refractivity contribution < 1.29 is 5.11 Å². The highest BCUT2D eigenvalue weighted by Gasteiger charge is 1.88. The van der Waals surface area contributed by atoms with Gasteiger partial charge in [-0.15, -0.1) is 0 Å². The molecule has 2 nitrogen and oxygen atoms in total. The molecule has 1 N–H and O–H groups in total. The van der Waals surface area contributed by atoms with Gasteiger partial charge in [0, 0.05) is 19.4 Å². The summed E-state index contributed by atoms with van der Waals surface area (Å²) in [6.07, 6.45) is 2.98. The van der Waals surface area contributed by atoms with Crippen molar-refractivity contribution in [1.82, 2.24) is 0 Å². The fraction of sp³-hybridized carbons (Fsp3) is 0.857. The topological polar surface area (TPSA) is 32.6 Å². The Hall–Kier alpha value is -0.370. The number of aliphatic hydroxyl groups is 1. The number of nitrogens with zero attached hydrogens (tertiary/aromatic N) is 1. The SMILES string of the molecule is CN=C(C)CCCCO.